The van der Waals surface area contributed by atoms with E-state index in [4.69, 9.17) is 0 Å². The smallest absolute Gasteiger partial charge is 0.159 e. The third-order valence-corrected chi connectivity index (χ3v) is 3.45. The number of hydrogen-bond acceptors (Lipinski definition) is 4. The van der Waals surface area contributed by atoms with E-state index in [0.717, 1.165) is 7.83 Å². The fraction of sp³-hybridized carbons (Fsp3) is 0. The van der Waals surface area contributed by atoms with E-state index >= 15 is 0 Å². The monoisotopic (exact) mass is 365 g/mol. The van der Waals surface area contributed by atoms with E-state index in [1.54, 1.807) is 35.1 Å². The molecule has 0 atom stereocenters. The Morgan fingerprint density at radius 1 is 0.923 bits per heavy atom. The van der Waals surface area contributed by atoms with Crippen LogP contribution in [-0.4, -0.2) is 61.4 Å². The maximum absolute atomic E-state index is 3.85. The van der Waals surface area contributed by atoms with Gasteiger partial charge in [-0.1, -0.05) is 0 Å². The van der Waals surface area contributed by atoms with Crippen LogP contribution in [0.3, 0.4) is 0 Å². The van der Waals surface area contributed by atoms with Crippen molar-refractivity contribution in [3.63, 3.8) is 0 Å². The number of rotatable bonds is 0. The van der Waals surface area contributed by atoms with Gasteiger partial charge in [-0.05, 0) is 31.9 Å². The molecule has 0 spiro atoms. The van der Waals surface area contributed by atoms with Gasteiger partial charge < -0.3 is 0 Å². The molecule has 7 heteroatoms. The van der Waals surface area contributed by atoms with E-state index < -0.39 is 0 Å². The summed E-state index contributed by atoms with van der Waals surface area (Å²) in [6, 6.07) is 0. The largest absolute Gasteiger partial charge is 0.238 e. The Kier molecular flexibility index (Phi) is 10.4. The predicted molar refractivity (Wildman–Crippen MR) is 65.4 cm³/mol. The molecule has 1 radical (unpaired) electrons. The van der Waals surface area contributed by atoms with Gasteiger partial charge in [0, 0.05) is 74.5 Å². The van der Waals surface area contributed by atoms with Crippen LogP contribution in [0.25, 0.3) is 0 Å². The number of thiazole rings is 2. The van der Waals surface area contributed by atoms with Crippen molar-refractivity contribution in [3.05, 3.63) is 31.0 Å². The van der Waals surface area contributed by atoms with E-state index in [1.807, 2.05) is 10.8 Å². The normalized spacial score (nSPS) is 8.15. The maximum Gasteiger partial charge on any atom is 0.159 e. The van der Waals surface area contributed by atoms with Gasteiger partial charge in [0.1, 0.15) is 0 Å². The molecular weight excluding hydrogens is 363 g/mol. The topological polar surface area (TPSA) is 25.8 Å². The summed E-state index contributed by atoms with van der Waals surface area (Å²) in [7, 11) is 0. The van der Waals surface area contributed by atoms with Crippen molar-refractivity contribution < 1.29 is 0 Å². The molecule has 0 amide bonds. The molecule has 2 rings (SSSR count). The Balaban J connectivity index is 0.000000206. The summed E-state index contributed by atoms with van der Waals surface area (Å²) >= 11 is 9.54. The van der Waals surface area contributed by atoms with Gasteiger partial charge in [0.2, 0.25) is 0 Å². The first-order valence-corrected chi connectivity index (χ1v) is 6.23. The minimum absolute atomic E-state index is 0. The molecule has 0 saturated heterocycles. The molecular formula is C6H4Br2KN2S2. The zero-order valence-corrected chi connectivity index (χ0v) is 14.7. The first-order valence-electron chi connectivity index (χ1n) is 2.89. The average molecular weight is 367 g/mol. The number of aromatic nitrogens is 2. The summed E-state index contributed by atoms with van der Waals surface area (Å²) < 4.78 is 1.89. The molecule has 0 aliphatic rings. The van der Waals surface area contributed by atoms with Crippen LogP contribution in [0.15, 0.2) is 31.0 Å². The summed E-state index contributed by atoms with van der Waals surface area (Å²) in [6.45, 7) is 0. The predicted octanol–water partition coefficient (Wildman–Crippen LogP) is 3.43. The molecule has 0 saturated carbocycles. The zero-order chi connectivity index (χ0) is 8.81. The first-order chi connectivity index (χ1) is 5.79. The van der Waals surface area contributed by atoms with Crippen molar-refractivity contribution in [3.8, 4) is 0 Å². The molecule has 0 aromatic carbocycles. The maximum atomic E-state index is 3.85. The number of halogens is 2. The van der Waals surface area contributed by atoms with Crippen LogP contribution in [0.2, 0.25) is 0 Å². The molecule has 65 valence electrons. The molecule has 0 bridgehead atoms. The van der Waals surface area contributed by atoms with Crippen LogP contribution in [0.1, 0.15) is 0 Å². The molecule has 2 aromatic heterocycles. The fourth-order valence-corrected chi connectivity index (χ4v) is 2.01. The van der Waals surface area contributed by atoms with Gasteiger partial charge in [-0.15, -0.1) is 22.7 Å². The minimum Gasteiger partial charge on any atom is -0.238 e. The molecule has 0 unspecified atom stereocenters. The summed E-state index contributed by atoms with van der Waals surface area (Å²) in [5.41, 5.74) is 0. The molecule has 0 fully saturated rings. The summed E-state index contributed by atoms with van der Waals surface area (Å²) in [4.78, 5) is 7.70. The number of nitrogens with zero attached hydrogens (tertiary/aromatic N) is 2. The molecule has 2 heterocycles. The van der Waals surface area contributed by atoms with Crippen molar-refractivity contribution in [2.24, 2.45) is 0 Å². The van der Waals surface area contributed by atoms with Crippen LogP contribution in [-0.2, 0) is 0 Å². The quantitative estimate of drug-likeness (QED) is 0.667. The van der Waals surface area contributed by atoms with Crippen molar-refractivity contribution in [1.82, 2.24) is 9.97 Å². The van der Waals surface area contributed by atoms with Crippen LogP contribution in [0, 0.1) is 0 Å². The summed E-state index contributed by atoms with van der Waals surface area (Å²) in [5, 5.41) is 3.84. The Bertz CT molecular complexity index is 266. The summed E-state index contributed by atoms with van der Waals surface area (Å²) in [6.07, 6.45) is 3.52. The van der Waals surface area contributed by atoms with Crippen molar-refractivity contribution >= 4 is 106 Å². The summed E-state index contributed by atoms with van der Waals surface area (Å²) in [5.74, 6) is 0. The van der Waals surface area contributed by atoms with E-state index in [2.05, 4.69) is 41.8 Å². The Labute approximate surface area is 144 Å². The Morgan fingerprint density at radius 3 is 1.38 bits per heavy atom. The van der Waals surface area contributed by atoms with Crippen molar-refractivity contribution in [2.45, 2.75) is 0 Å². The van der Waals surface area contributed by atoms with Gasteiger partial charge in [0.15, 0.2) is 7.83 Å². The van der Waals surface area contributed by atoms with E-state index in [0.29, 0.717) is 0 Å². The fourth-order valence-electron chi connectivity index (χ4n) is 0.412. The third kappa shape index (κ3) is 7.75. The average Bonchev–Trinajstić information content (AvgIpc) is 2.63. The standard InChI is InChI=1S/2C3H2BrNS.K/c2*4-3-5-1-2-6-3;/h2*1-2H;. The molecule has 0 aliphatic carbocycles. The van der Waals surface area contributed by atoms with Gasteiger partial charge >= 0.3 is 0 Å². The van der Waals surface area contributed by atoms with E-state index in [-0.39, 0.29) is 51.4 Å². The van der Waals surface area contributed by atoms with Gasteiger partial charge in [-0.2, -0.15) is 0 Å². The third-order valence-electron chi connectivity index (χ3n) is 0.804. The van der Waals surface area contributed by atoms with Crippen LogP contribution < -0.4 is 0 Å². The molecule has 0 aliphatic heterocycles. The molecule has 2 aromatic rings. The van der Waals surface area contributed by atoms with Crippen LogP contribution in [0.5, 0.6) is 0 Å². The Hall–Kier alpha value is 1.86. The molecule has 13 heavy (non-hydrogen) atoms. The first kappa shape index (κ1) is 14.9. The molecule has 0 N–H and O–H groups in total. The second-order valence-corrected chi connectivity index (χ2v) is 5.91. The second-order valence-electron chi connectivity index (χ2n) is 1.57. The number of hydrogen-bond donors (Lipinski definition) is 0. The van der Waals surface area contributed by atoms with E-state index in [9.17, 15) is 0 Å². The Morgan fingerprint density at radius 2 is 1.31 bits per heavy atom. The van der Waals surface area contributed by atoms with Crippen molar-refractivity contribution in [2.75, 3.05) is 0 Å². The van der Waals surface area contributed by atoms with Crippen LogP contribution in [0.4, 0.5) is 0 Å². The second kappa shape index (κ2) is 9.11. The molecule has 2 nitrogen and oxygen atoms in total. The van der Waals surface area contributed by atoms with Gasteiger partial charge in [-0.25, -0.2) is 9.97 Å². The van der Waals surface area contributed by atoms with Crippen LogP contribution >= 0.6 is 54.5 Å². The van der Waals surface area contributed by atoms with Gasteiger partial charge in [-0.3, -0.25) is 0 Å². The van der Waals surface area contributed by atoms with E-state index in [1.165, 1.54) is 0 Å². The van der Waals surface area contributed by atoms with Gasteiger partial charge in [0.25, 0.3) is 0 Å². The van der Waals surface area contributed by atoms with Crippen molar-refractivity contribution in [1.29, 1.82) is 0 Å². The minimum atomic E-state index is 0. The van der Waals surface area contributed by atoms with Gasteiger partial charge in [0.05, 0.1) is 0 Å². The SMILES string of the molecule is Brc1nccs1.Brc1nccs1.[K]. The zero-order valence-electron chi connectivity index (χ0n) is 6.78.